The highest BCUT2D eigenvalue weighted by atomic mass is 16.4. The number of aliphatic carboxylic acids is 2. The van der Waals surface area contributed by atoms with Crippen molar-refractivity contribution in [3.8, 4) is 0 Å². The van der Waals surface area contributed by atoms with Crippen LogP contribution in [0.5, 0.6) is 0 Å². The number of carbonyl (C=O) groups is 3. The average molecular weight is 281 g/mol. The van der Waals surface area contributed by atoms with Crippen molar-refractivity contribution >= 4 is 18.0 Å². The van der Waals surface area contributed by atoms with E-state index < -0.39 is 30.4 Å². The molecule has 0 aliphatic rings. The van der Waals surface area contributed by atoms with Crippen molar-refractivity contribution < 1.29 is 24.6 Å². The minimum atomic E-state index is -1.47. The summed E-state index contributed by atoms with van der Waals surface area (Å²) in [4.78, 5) is 36.7. The van der Waals surface area contributed by atoms with Gasteiger partial charge in [-0.3, -0.25) is 9.78 Å². The number of nitrogens with zero attached hydrogens (tertiary/aromatic N) is 1. The fraction of sp³-hybridized carbons (Fsp3) is 0.333. The average Bonchev–Trinajstić information content (AvgIpc) is 2.36. The quantitative estimate of drug-likeness (QED) is 0.586. The van der Waals surface area contributed by atoms with Crippen LogP contribution in [0.4, 0.5) is 4.79 Å². The Morgan fingerprint density at radius 1 is 1.35 bits per heavy atom. The van der Waals surface area contributed by atoms with Crippen molar-refractivity contribution in [1.29, 1.82) is 0 Å². The van der Waals surface area contributed by atoms with E-state index in [9.17, 15) is 14.4 Å². The first-order valence-corrected chi connectivity index (χ1v) is 5.78. The number of hydrogen-bond acceptors (Lipinski definition) is 4. The van der Waals surface area contributed by atoms with E-state index in [2.05, 4.69) is 15.6 Å². The zero-order chi connectivity index (χ0) is 15.1. The molecule has 8 heteroatoms. The van der Waals surface area contributed by atoms with Crippen molar-refractivity contribution in [2.24, 2.45) is 0 Å². The second kappa shape index (κ2) is 7.07. The maximum Gasteiger partial charge on any atom is 0.326 e. The molecular weight excluding hydrogens is 266 g/mol. The van der Waals surface area contributed by atoms with Crippen LogP contribution in [0.1, 0.15) is 17.5 Å². The molecule has 1 aromatic rings. The SMILES string of the molecule is Cc1ccncc1CNC(=O)NC(CC(=O)O)C(=O)O. The molecule has 108 valence electrons. The van der Waals surface area contributed by atoms with Gasteiger partial charge in [0.2, 0.25) is 0 Å². The minimum Gasteiger partial charge on any atom is -0.481 e. The largest absolute Gasteiger partial charge is 0.481 e. The van der Waals surface area contributed by atoms with Crippen LogP contribution in [0, 0.1) is 6.92 Å². The molecule has 20 heavy (non-hydrogen) atoms. The van der Waals surface area contributed by atoms with Gasteiger partial charge in [0.25, 0.3) is 0 Å². The zero-order valence-corrected chi connectivity index (χ0v) is 10.8. The Morgan fingerprint density at radius 3 is 2.60 bits per heavy atom. The molecule has 2 amide bonds. The van der Waals surface area contributed by atoms with Gasteiger partial charge in [0.1, 0.15) is 6.04 Å². The lowest BCUT2D eigenvalue weighted by Crippen LogP contribution is -2.46. The minimum absolute atomic E-state index is 0.172. The van der Waals surface area contributed by atoms with Crippen LogP contribution in [-0.2, 0) is 16.1 Å². The van der Waals surface area contributed by atoms with E-state index in [0.29, 0.717) is 0 Å². The third-order valence-electron chi connectivity index (χ3n) is 2.57. The normalized spacial score (nSPS) is 11.4. The van der Waals surface area contributed by atoms with Gasteiger partial charge in [0.15, 0.2) is 0 Å². The number of aromatic nitrogens is 1. The number of nitrogens with one attached hydrogen (secondary N) is 2. The Balaban J connectivity index is 2.52. The zero-order valence-electron chi connectivity index (χ0n) is 10.8. The van der Waals surface area contributed by atoms with Gasteiger partial charge in [-0.25, -0.2) is 9.59 Å². The van der Waals surface area contributed by atoms with Gasteiger partial charge in [0, 0.05) is 18.9 Å². The van der Waals surface area contributed by atoms with E-state index in [1.54, 1.807) is 18.5 Å². The molecule has 0 saturated carbocycles. The smallest absolute Gasteiger partial charge is 0.326 e. The first kappa shape index (κ1) is 15.4. The second-order valence-electron chi connectivity index (χ2n) is 4.12. The Hall–Kier alpha value is -2.64. The van der Waals surface area contributed by atoms with Crippen LogP contribution >= 0.6 is 0 Å². The van der Waals surface area contributed by atoms with Crippen LogP contribution in [0.15, 0.2) is 18.5 Å². The van der Waals surface area contributed by atoms with Crippen LogP contribution < -0.4 is 10.6 Å². The summed E-state index contributed by atoms with van der Waals surface area (Å²) in [5, 5.41) is 21.9. The lowest BCUT2D eigenvalue weighted by Gasteiger charge is -2.13. The van der Waals surface area contributed by atoms with Crippen LogP contribution in [-0.4, -0.2) is 39.2 Å². The first-order chi connectivity index (χ1) is 9.40. The molecule has 0 saturated heterocycles. The number of carboxylic acids is 2. The predicted octanol–water partition coefficient (Wildman–Crippen LogP) is 0.117. The third kappa shape index (κ3) is 4.92. The van der Waals surface area contributed by atoms with Gasteiger partial charge in [-0.2, -0.15) is 0 Å². The molecule has 0 fully saturated rings. The van der Waals surface area contributed by atoms with E-state index in [1.165, 1.54) is 0 Å². The number of amides is 2. The summed E-state index contributed by atoms with van der Waals surface area (Å²) in [7, 11) is 0. The van der Waals surface area contributed by atoms with E-state index in [4.69, 9.17) is 10.2 Å². The van der Waals surface area contributed by atoms with E-state index in [0.717, 1.165) is 11.1 Å². The van der Waals surface area contributed by atoms with E-state index in [1.807, 2.05) is 6.92 Å². The van der Waals surface area contributed by atoms with Gasteiger partial charge in [-0.15, -0.1) is 0 Å². The molecule has 0 bridgehead atoms. The molecule has 0 spiro atoms. The summed E-state index contributed by atoms with van der Waals surface area (Å²) in [5.74, 6) is -2.71. The van der Waals surface area contributed by atoms with Crippen molar-refractivity contribution in [2.75, 3.05) is 0 Å². The van der Waals surface area contributed by atoms with Gasteiger partial charge in [0.05, 0.1) is 6.42 Å². The number of urea groups is 1. The van der Waals surface area contributed by atoms with Crippen LogP contribution in [0.2, 0.25) is 0 Å². The molecule has 1 heterocycles. The molecular formula is C12H15N3O5. The summed E-state index contributed by atoms with van der Waals surface area (Å²) in [6.07, 6.45) is 2.52. The highest BCUT2D eigenvalue weighted by Gasteiger charge is 2.22. The van der Waals surface area contributed by atoms with Crippen LogP contribution in [0.3, 0.4) is 0 Å². The highest BCUT2D eigenvalue weighted by molar-refractivity contribution is 5.86. The monoisotopic (exact) mass is 281 g/mol. The van der Waals surface area contributed by atoms with Crippen molar-refractivity contribution in [2.45, 2.75) is 25.9 Å². The fourth-order valence-corrected chi connectivity index (χ4v) is 1.44. The standard InChI is InChI=1S/C12H15N3O5/c1-7-2-3-13-5-8(7)6-14-12(20)15-9(11(18)19)4-10(16)17/h2-3,5,9H,4,6H2,1H3,(H,16,17)(H,18,19)(H2,14,15,20). The molecule has 0 aliphatic carbocycles. The highest BCUT2D eigenvalue weighted by Crippen LogP contribution is 2.03. The molecule has 1 rings (SSSR count). The number of aryl methyl sites for hydroxylation is 1. The number of pyridine rings is 1. The maximum absolute atomic E-state index is 11.5. The van der Waals surface area contributed by atoms with Crippen molar-refractivity contribution in [3.63, 3.8) is 0 Å². The third-order valence-corrected chi connectivity index (χ3v) is 2.57. The van der Waals surface area contributed by atoms with Crippen molar-refractivity contribution in [1.82, 2.24) is 15.6 Å². The summed E-state index contributed by atoms with van der Waals surface area (Å²) < 4.78 is 0. The Bertz CT molecular complexity index is 518. The van der Waals surface area contributed by atoms with Gasteiger partial charge in [-0.1, -0.05) is 0 Å². The Kier molecular flexibility index (Phi) is 5.45. The number of hydrogen-bond donors (Lipinski definition) is 4. The topological polar surface area (TPSA) is 129 Å². The maximum atomic E-state index is 11.5. The van der Waals surface area contributed by atoms with E-state index in [-0.39, 0.29) is 6.54 Å². The van der Waals surface area contributed by atoms with E-state index >= 15 is 0 Å². The lowest BCUT2D eigenvalue weighted by atomic mass is 10.1. The lowest BCUT2D eigenvalue weighted by molar-refractivity contribution is -0.145. The summed E-state index contributed by atoms with van der Waals surface area (Å²) in [6, 6.07) is -0.441. The Morgan fingerprint density at radius 2 is 2.05 bits per heavy atom. The van der Waals surface area contributed by atoms with Crippen LogP contribution in [0.25, 0.3) is 0 Å². The molecule has 4 N–H and O–H groups in total. The van der Waals surface area contributed by atoms with Gasteiger partial charge < -0.3 is 20.8 Å². The molecule has 8 nitrogen and oxygen atoms in total. The molecule has 1 atom stereocenters. The molecule has 0 radical (unpaired) electrons. The molecule has 0 aliphatic heterocycles. The molecule has 1 aromatic heterocycles. The van der Waals surface area contributed by atoms with Gasteiger partial charge in [-0.05, 0) is 24.1 Å². The predicted molar refractivity (Wildman–Crippen MR) is 68.0 cm³/mol. The summed E-state index contributed by atoms with van der Waals surface area (Å²) in [6.45, 7) is 2.02. The van der Waals surface area contributed by atoms with Crippen molar-refractivity contribution in [3.05, 3.63) is 29.6 Å². The Labute approximate surface area is 114 Å². The summed E-state index contributed by atoms with van der Waals surface area (Å²) in [5.41, 5.74) is 1.72. The molecule has 1 unspecified atom stereocenters. The molecule has 0 aromatic carbocycles. The first-order valence-electron chi connectivity index (χ1n) is 5.78. The van der Waals surface area contributed by atoms with Gasteiger partial charge >= 0.3 is 18.0 Å². The fourth-order valence-electron chi connectivity index (χ4n) is 1.44. The number of carboxylic acid groups (broad SMARTS) is 2. The number of carbonyl (C=O) groups excluding carboxylic acids is 1. The second-order valence-corrected chi connectivity index (χ2v) is 4.12. The number of rotatable bonds is 6. The summed E-state index contributed by atoms with van der Waals surface area (Å²) >= 11 is 0.